The number of ketones is 1. The molecule has 1 fully saturated rings. The van der Waals surface area contributed by atoms with Crippen molar-refractivity contribution in [2.75, 3.05) is 6.54 Å². The summed E-state index contributed by atoms with van der Waals surface area (Å²) in [4.78, 5) is 11.9. The van der Waals surface area contributed by atoms with Crippen molar-refractivity contribution in [1.82, 2.24) is 15.1 Å². The number of rotatable bonds is 6. The molecule has 0 aromatic carbocycles. The maximum atomic E-state index is 11.9. The summed E-state index contributed by atoms with van der Waals surface area (Å²) < 4.78 is 1.95. The van der Waals surface area contributed by atoms with Gasteiger partial charge in [0.05, 0.1) is 12.1 Å². The lowest BCUT2D eigenvalue weighted by Crippen LogP contribution is -2.25. The van der Waals surface area contributed by atoms with E-state index in [1.807, 2.05) is 16.9 Å². The molecule has 0 aliphatic carbocycles. The Labute approximate surface area is 109 Å². The van der Waals surface area contributed by atoms with Crippen LogP contribution in [0.2, 0.25) is 0 Å². The van der Waals surface area contributed by atoms with Gasteiger partial charge in [0.25, 0.3) is 0 Å². The molecule has 2 unspecified atom stereocenters. The topological polar surface area (TPSA) is 46.9 Å². The lowest BCUT2D eigenvalue weighted by Gasteiger charge is -2.09. The fourth-order valence-electron chi connectivity index (χ4n) is 2.38. The van der Waals surface area contributed by atoms with E-state index >= 15 is 0 Å². The van der Waals surface area contributed by atoms with Gasteiger partial charge in [-0.05, 0) is 38.8 Å². The number of carbonyl (C=O) groups is 1. The van der Waals surface area contributed by atoms with E-state index in [1.54, 1.807) is 0 Å². The Kier molecular flexibility index (Phi) is 4.53. The van der Waals surface area contributed by atoms with Gasteiger partial charge >= 0.3 is 0 Å². The minimum atomic E-state index is 0.295. The molecule has 2 heterocycles. The molecular formula is C14H23N3O. The highest BCUT2D eigenvalue weighted by molar-refractivity contribution is 5.81. The van der Waals surface area contributed by atoms with Crippen molar-refractivity contribution >= 4 is 5.78 Å². The lowest BCUT2D eigenvalue weighted by atomic mass is 10.1. The van der Waals surface area contributed by atoms with E-state index in [2.05, 4.69) is 24.3 Å². The summed E-state index contributed by atoms with van der Waals surface area (Å²) in [6.07, 6.45) is 6.48. The molecule has 4 nitrogen and oxygen atoms in total. The normalized spacial score (nSPS) is 21.1. The second-order valence-corrected chi connectivity index (χ2v) is 5.26. The van der Waals surface area contributed by atoms with Crippen molar-refractivity contribution in [1.29, 1.82) is 0 Å². The van der Waals surface area contributed by atoms with Gasteiger partial charge in [-0.25, -0.2) is 0 Å². The monoisotopic (exact) mass is 249 g/mol. The lowest BCUT2D eigenvalue weighted by molar-refractivity contribution is -0.118. The molecule has 100 valence electrons. The predicted molar refractivity (Wildman–Crippen MR) is 71.6 cm³/mol. The predicted octanol–water partition coefficient (Wildman–Crippen LogP) is 2.11. The van der Waals surface area contributed by atoms with Gasteiger partial charge in [0.2, 0.25) is 0 Å². The van der Waals surface area contributed by atoms with E-state index in [-0.39, 0.29) is 0 Å². The van der Waals surface area contributed by atoms with Gasteiger partial charge in [0.15, 0.2) is 0 Å². The van der Waals surface area contributed by atoms with Gasteiger partial charge in [0, 0.05) is 24.7 Å². The number of hydrogen-bond donors (Lipinski definition) is 1. The molecule has 0 bridgehead atoms. The number of aromatic nitrogens is 2. The molecule has 0 amide bonds. The quantitative estimate of drug-likeness (QED) is 0.840. The molecule has 1 saturated heterocycles. The molecule has 1 aliphatic rings. The van der Waals surface area contributed by atoms with E-state index in [0.29, 0.717) is 30.7 Å². The molecule has 0 saturated carbocycles. The molecule has 1 N–H and O–H groups in total. The van der Waals surface area contributed by atoms with E-state index in [4.69, 9.17) is 0 Å². The summed E-state index contributed by atoms with van der Waals surface area (Å²) in [5, 5.41) is 7.83. The number of Topliss-reactive ketones (excluding diaryl/α,β-unsaturated/α-hetero) is 1. The summed E-state index contributed by atoms with van der Waals surface area (Å²) in [5.74, 6) is 0.295. The first-order valence-electron chi connectivity index (χ1n) is 6.98. The van der Waals surface area contributed by atoms with Gasteiger partial charge in [-0.15, -0.1) is 0 Å². The average molecular weight is 249 g/mol. The molecule has 0 radical (unpaired) electrons. The standard InChI is InChI=1S/C14H23N3O/c1-3-11(2)17-8-6-13(16-17)10-14(18)9-12-5-4-7-15-12/h6,8,11-12,15H,3-5,7,9-10H2,1-2H3. The number of hydrogen-bond acceptors (Lipinski definition) is 3. The third kappa shape index (κ3) is 3.42. The fourth-order valence-corrected chi connectivity index (χ4v) is 2.38. The Morgan fingerprint density at radius 3 is 3.17 bits per heavy atom. The molecular weight excluding hydrogens is 226 g/mol. The second kappa shape index (κ2) is 6.14. The van der Waals surface area contributed by atoms with Crippen LogP contribution in [0.1, 0.15) is 51.3 Å². The first-order chi connectivity index (χ1) is 8.69. The highest BCUT2D eigenvalue weighted by Crippen LogP contribution is 2.12. The van der Waals surface area contributed by atoms with Crippen molar-refractivity contribution in [2.24, 2.45) is 0 Å². The SMILES string of the molecule is CCC(C)n1ccc(CC(=O)CC2CCCN2)n1. The van der Waals surface area contributed by atoms with Crippen LogP contribution in [0, 0.1) is 0 Å². The van der Waals surface area contributed by atoms with Crippen LogP contribution in [0.15, 0.2) is 12.3 Å². The smallest absolute Gasteiger partial charge is 0.140 e. The van der Waals surface area contributed by atoms with Crippen LogP contribution in [-0.4, -0.2) is 28.2 Å². The molecule has 2 atom stereocenters. The zero-order chi connectivity index (χ0) is 13.0. The average Bonchev–Trinajstić information content (AvgIpc) is 2.99. The summed E-state index contributed by atoms with van der Waals surface area (Å²) in [6.45, 7) is 5.34. The summed E-state index contributed by atoms with van der Waals surface area (Å²) >= 11 is 0. The summed E-state index contributed by atoms with van der Waals surface area (Å²) in [6, 6.07) is 2.77. The van der Waals surface area contributed by atoms with Gasteiger partial charge in [-0.2, -0.15) is 5.10 Å². The second-order valence-electron chi connectivity index (χ2n) is 5.26. The summed E-state index contributed by atoms with van der Waals surface area (Å²) in [5.41, 5.74) is 0.901. The van der Waals surface area contributed by atoms with Gasteiger partial charge in [-0.3, -0.25) is 9.48 Å². The third-order valence-electron chi connectivity index (χ3n) is 3.72. The Hall–Kier alpha value is -1.16. The fraction of sp³-hybridized carbons (Fsp3) is 0.714. The van der Waals surface area contributed by atoms with Crippen molar-refractivity contribution in [2.45, 2.75) is 58.0 Å². The number of nitrogens with zero attached hydrogens (tertiary/aromatic N) is 2. The van der Waals surface area contributed by atoms with Crippen molar-refractivity contribution in [3.63, 3.8) is 0 Å². The Balaban J connectivity index is 1.84. The molecule has 2 rings (SSSR count). The number of carbonyl (C=O) groups excluding carboxylic acids is 1. The van der Waals surface area contributed by atoms with Gasteiger partial charge in [-0.1, -0.05) is 6.92 Å². The van der Waals surface area contributed by atoms with E-state index in [1.165, 1.54) is 6.42 Å². The van der Waals surface area contributed by atoms with Crippen molar-refractivity contribution < 1.29 is 4.79 Å². The Morgan fingerprint density at radius 2 is 2.50 bits per heavy atom. The largest absolute Gasteiger partial charge is 0.314 e. The van der Waals surface area contributed by atoms with Gasteiger partial charge in [0.1, 0.15) is 5.78 Å². The molecule has 1 aromatic rings. The first-order valence-corrected chi connectivity index (χ1v) is 6.98. The minimum Gasteiger partial charge on any atom is -0.314 e. The van der Waals surface area contributed by atoms with Crippen LogP contribution in [0.3, 0.4) is 0 Å². The van der Waals surface area contributed by atoms with E-state index in [0.717, 1.165) is 25.1 Å². The molecule has 0 spiro atoms. The van der Waals surface area contributed by atoms with Crippen molar-refractivity contribution in [3.05, 3.63) is 18.0 Å². The first kappa shape index (κ1) is 13.3. The zero-order valence-electron chi connectivity index (χ0n) is 11.4. The van der Waals surface area contributed by atoms with Crippen LogP contribution in [0.5, 0.6) is 0 Å². The highest BCUT2D eigenvalue weighted by atomic mass is 16.1. The zero-order valence-corrected chi connectivity index (χ0v) is 11.4. The third-order valence-corrected chi connectivity index (χ3v) is 3.72. The maximum Gasteiger partial charge on any atom is 0.140 e. The molecule has 4 heteroatoms. The van der Waals surface area contributed by atoms with Crippen molar-refractivity contribution in [3.8, 4) is 0 Å². The Bertz CT molecular complexity index is 393. The van der Waals surface area contributed by atoms with Crippen LogP contribution in [0.4, 0.5) is 0 Å². The Morgan fingerprint density at radius 1 is 1.67 bits per heavy atom. The molecule has 1 aromatic heterocycles. The summed E-state index contributed by atoms with van der Waals surface area (Å²) in [7, 11) is 0. The van der Waals surface area contributed by atoms with Gasteiger partial charge < -0.3 is 5.32 Å². The molecule has 18 heavy (non-hydrogen) atoms. The van der Waals surface area contributed by atoms with Crippen LogP contribution < -0.4 is 5.32 Å². The maximum absolute atomic E-state index is 11.9. The van der Waals surface area contributed by atoms with Crippen LogP contribution >= 0.6 is 0 Å². The van der Waals surface area contributed by atoms with E-state index < -0.39 is 0 Å². The highest BCUT2D eigenvalue weighted by Gasteiger charge is 2.18. The van der Waals surface area contributed by atoms with Crippen LogP contribution in [0.25, 0.3) is 0 Å². The minimum absolute atomic E-state index is 0.295. The molecule has 1 aliphatic heterocycles. The number of nitrogens with one attached hydrogen (secondary N) is 1. The van der Waals surface area contributed by atoms with Crippen LogP contribution in [-0.2, 0) is 11.2 Å². The van der Waals surface area contributed by atoms with E-state index in [9.17, 15) is 4.79 Å².